The van der Waals surface area contributed by atoms with Crippen molar-refractivity contribution in [1.29, 1.82) is 0 Å². The molecule has 3 aliphatic rings. The molecule has 168 valence electrons. The van der Waals surface area contributed by atoms with Crippen LogP contribution in [-0.2, 0) is 25.6 Å². The molecule has 1 aromatic heterocycles. The highest BCUT2D eigenvalue weighted by Crippen LogP contribution is 2.29. The zero-order valence-corrected chi connectivity index (χ0v) is 18.2. The van der Waals surface area contributed by atoms with E-state index in [1.165, 1.54) is 4.90 Å². The predicted molar refractivity (Wildman–Crippen MR) is 109 cm³/mol. The Labute approximate surface area is 180 Å². The van der Waals surface area contributed by atoms with E-state index in [1.54, 1.807) is 18.5 Å². The average molecular weight is 433 g/mol. The Bertz CT molecular complexity index is 919. The van der Waals surface area contributed by atoms with Crippen LogP contribution in [0.1, 0.15) is 25.1 Å². The number of esters is 1. The minimum absolute atomic E-state index is 0.187. The molecular weight excluding hydrogens is 404 g/mol. The van der Waals surface area contributed by atoms with Gasteiger partial charge in [-0.25, -0.2) is 18.8 Å². The van der Waals surface area contributed by atoms with E-state index in [2.05, 4.69) is 14.5 Å². The molecule has 31 heavy (non-hydrogen) atoms. The van der Waals surface area contributed by atoms with Gasteiger partial charge in [0.05, 0.1) is 26.4 Å². The number of aromatic nitrogens is 2. The van der Waals surface area contributed by atoms with Gasteiger partial charge in [-0.2, -0.15) is 0 Å². The molecule has 4 heterocycles. The molecular formula is C20H29N6O5+. The van der Waals surface area contributed by atoms with E-state index >= 15 is 0 Å². The topological polar surface area (TPSA) is 101 Å². The molecule has 0 aliphatic carbocycles. The first-order valence-electron chi connectivity index (χ1n) is 10.7. The van der Waals surface area contributed by atoms with Crippen molar-refractivity contribution in [3.63, 3.8) is 0 Å². The number of hydrogen-bond acceptors (Lipinski definition) is 7. The van der Waals surface area contributed by atoms with Gasteiger partial charge in [0, 0.05) is 26.7 Å². The molecule has 3 amide bonds. The number of amides is 3. The summed E-state index contributed by atoms with van der Waals surface area (Å²) in [5, 5.41) is 0. The van der Waals surface area contributed by atoms with Gasteiger partial charge in [-0.15, -0.1) is 0 Å². The van der Waals surface area contributed by atoms with E-state index in [4.69, 9.17) is 9.47 Å². The standard InChI is InChI=1S/C20H29N6O5/c1-4-31-15(27)13-26-18(28)16-17(22(3)20(26)29)21-19-24(14(2)12-25(16)19)7-5-6-23-8-10-30-11-9-23/h12,16H,4-11,13H2,1-3H3/q+1. The summed E-state index contributed by atoms with van der Waals surface area (Å²) >= 11 is 0. The van der Waals surface area contributed by atoms with E-state index in [0.717, 1.165) is 56.4 Å². The van der Waals surface area contributed by atoms with Crippen molar-refractivity contribution < 1.29 is 28.4 Å². The van der Waals surface area contributed by atoms with Gasteiger partial charge in [0.1, 0.15) is 18.4 Å². The number of imidazole rings is 1. The van der Waals surface area contributed by atoms with Crippen LogP contribution < -0.4 is 4.57 Å². The summed E-state index contributed by atoms with van der Waals surface area (Å²) in [5.74, 6) is -0.0558. The van der Waals surface area contributed by atoms with Gasteiger partial charge >= 0.3 is 17.9 Å². The number of amidine groups is 1. The van der Waals surface area contributed by atoms with Crippen molar-refractivity contribution in [3.8, 4) is 0 Å². The van der Waals surface area contributed by atoms with E-state index in [0.29, 0.717) is 11.8 Å². The number of fused-ring (bicyclic) bond motifs is 3. The number of nitrogens with zero attached hydrogens (tertiary/aromatic N) is 6. The fraction of sp³-hybridized carbons (Fsp3) is 0.650. The van der Waals surface area contributed by atoms with Crippen LogP contribution in [0.5, 0.6) is 0 Å². The number of rotatable bonds is 7. The molecule has 0 N–H and O–H groups in total. The summed E-state index contributed by atoms with van der Waals surface area (Å²) in [6, 6.07) is -1.33. The van der Waals surface area contributed by atoms with Gasteiger partial charge in [0.2, 0.25) is 11.9 Å². The Hall–Kier alpha value is -2.79. The van der Waals surface area contributed by atoms with Crippen molar-refractivity contribution in [2.75, 3.05) is 53.0 Å². The lowest BCUT2D eigenvalue weighted by atomic mass is 10.1. The van der Waals surface area contributed by atoms with Gasteiger partial charge in [-0.05, 0) is 20.3 Å². The quantitative estimate of drug-likeness (QED) is 0.438. The molecule has 0 spiro atoms. The first-order valence-corrected chi connectivity index (χ1v) is 10.7. The van der Waals surface area contributed by atoms with Crippen LogP contribution in [0.15, 0.2) is 11.2 Å². The van der Waals surface area contributed by atoms with E-state index in [9.17, 15) is 14.4 Å². The first kappa shape index (κ1) is 21.4. The predicted octanol–water partition coefficient (Wildman–Crippen LogP) is -0.152. The summed E-state index contributed by atoms with van der Waals surface area (Å²) in [7, 11) is 1.57. The van der Waals surface area contributed by atoms with Crippen molar-refractivity contribution in [3.05, 3.63) is 11.9 Å². The number of aliphatic imine (C=N–C) groups is 1. The van der Waals surface area contributed by atoms with E-state index < -0.39 is 30.5 Å². The van der Waals surface area contributed by atoms with Crippen LogP contribution in [0, 0.1) is 6.92 Å². The number of ether oxygens (including phenoxy) is 2. The Kier molecular flexibility index (Phi) is 6.05. The molecule has 0 saturated carbocycles. The highest BCUT2D eigenvalue weighted by Gasteiger charge is 2.53. The monoisotopic (exact) mass is 433 g/mol. The largest absolute Gasteiger partial charge is 0.465 e. The molecule has 4 rings (SSSR count). The van der Waals surface area contributed by atoms with Gasteiger partial charge in [0.25, 0.3) is 5.91 Å². The molecule has 1 unspecified atom stereocenters. The number of carbonyl (C=O) groups is 3. The summed E-state index contributed by atoms with van der Waals surface area (Å²) in [4.78, 5) is 47.1. The van der Waals surface area contributed by atoms with Crippen LogP contribution in [-0.4, -0.2) is 96.1 Å². The van der Waals surface area contributed by atoms with E-state index in [1.807, 2.05) is 13.1 Å². The van der Waals surface area contributed by atoms with Gasteiger partial charge < -0.3 is 9.47 Å². The number of morpholine rings is 1. The zero-order valence-electron chi connectivity index (χ0n) is 18.2. The molecule has 0 bridgehead atoms. The molecule has 1 aromatic rings. The van der Waals surface area contributed by atoms with Crippen LogP contribution in [0.25, 0.3) is 0 Å². The normalized spacial score (nSPS) is 21.3. The van der Waals surface area contributed by atoms with E-state index in [-0.39, 0.29) is 6.61 Å². The average Bonchev–Trinajstić information content (AvgIpc) is 3.26. The zero-order chi connectivity index (χ0) is 22.1. The van der Waals surface area contributed by atoms with Crippen LogP contribution in [0.3, 0.4) is 0 Å². The van der Waals surface area contributed by atoms with Crippen LogP contribution in [0.4, 0.5) is 10.7 Å². The number of urea groups is 1. The fourth-order valence-electron chi connectivity index (χ4n) is 4.27. The third kappa shape index (κ3) is 3.94. The smallest absolute Gasteiger partial charge is 0.401 e. The summed E-state index contributed by atoms with van der Waals surface area (Å²) < 4.78 is 14.2. The van der Waals surface area contributed by atoms with Crippen molar-refractivity contribution >= 4 is 29.7 Å². The molecule has 3 aliphatic heterocycles. The Morgan fingerprint density at radius 1 is 1.29 bits per heavy atom. The lowest BCUT2D eigenvalue weighted by Crippen LogP contribution is -2.63. The van der Waals surface area contributed by atoms with Crippen molar-refractivity contribution in [2.24, 2.45) is 4.99 Å². The molecule has 2 fully saturated rings. The summed E-state index contributed by atoms with van der Waals surface area (Å²) in [5.41, 5.74) is 0.990. The molecule has 11 nitrogen and oxygen atoms in total. The Morgan fingerprint density at radius 3 is 2.74 bits per heavy atom. The lowest BCUT2D eigenvalue weighted by Gasteiger charge is -2.32. The third-order valence-electron chi connectivity index (χ3n) is 5.88. The Balaban J connectivity index is 1.52. The molecule has 11 heteroatoms. The maximum atomic E-state index is 13.1. The number of carbonyl (C=O) groups excluding carboxylic acids is 3. The summed E-state index contributed by atoms with van der Waals surface area (Å²) in [6.45, 7) is 8.59. The number of aryl methyl sites for hydroxylation is 1. The lowest BCUT2D eigenvalue weighted by molar-refractivity contribution is -0.677. The van der Waals surface area contributed by atoms with Gasteiger partial charge in [-0.3, -0.25) is 19.4 Å². The maximum Gasteiger partial charge on any atom is 0.401 e. The minimum atomic E-state index is -0.758. The third-order valence-corrected chi connectivity index (χ3v) is 5.88. The van der Waals surface area contributed by atoms with Crippen LogP contribution in [0.2, 0.25) is 0 Å². The van der Waals surface area contributed by atoms with Crippen LogP contribution >= 0.6 is 0 Å². The molecule has 2 saturated heterocycles. The molecule has 0 aromatic carbocycles. The maximum absolute atomic E-state index is 13.1. The number of hydrogen-bond donors (Lipinski definition) is 0. The number of likely N-dealkylation sites (N-methyl/N-ethyl adjacent to an activating group) is 1. The van der Waals surface area contributed by atoms with Gasteiger partial charge in [-0.1, -0.05) is 4.99 Å². The fourth-order valence-corrected chi connectivity index (χ4v) is 4.27. The minimum Gasteiger partial charge on any atom is -0.465 e. The number of imide groups is 1. The van der Waals surface area contributed by atoms with Crippen molar-refractivity contribution in [1.82, 2.24) is 19.3 Å². The SMILES string of the molecule is CCOC(=O)CN1C(=O)C2C(=Nc3n(CCCN4CCOCC4)c(C)c[n+]32)N(C)C1=O. The Morgan fingerprint density at radius 2 is 2.03 bits per heavy atom. The highest BCUT2D eigenvalue weighted by atomic mass is 16.5. The molecule has 1 atom stereocenters. The second-order valence-corrected chi connectivity index (χ2v) is 7.88. The van der Waals surface area contributed by atoms with Gasteiger partial charge in [0.15, 0.2) is 0 Å². The van der Waals surface area contributed by atoms with Crippen molar-refractivity contribution in [2.45, 2.75) is 32.9 Å². The highest BCUT2D eigenvalue weighted by molar-refractivity contribution is 6.19. The summed E-state index contributed by atoms with van der Waals surface area (Å²) in [6.07, 6.45) is 2.82. The second kappa shape index (κ2) is 8.75. The first-order chi connectivity index (χ1) is 14.9. The molecule has 0 radical (unpaired) electrons. The second-order valence-electron chi connectivity index (χ2n) is 7.88.